The summed E-state index contributed by atoms with van der Waals surface area (Å²) in [5.74, 6) is 0. The highest BCUT2D eigenvalue weighted by atomic mass is 32.2. The lowest BCUT2D eigenvalue weighted by molar-refractivity contribution is 0.593. The van der Waals surface area contributed by atoms with Crippen LogP contribution >= 0.6 is 0 Å². The van der Waals surface area contributed by atoms with Crippen LogP contribution in [0.5, 0.6) is 0 Å². The summed E-state index contributed by atoms with van der Waals surface area (Å²) < 4.78 is 30.0. The Balaban J connectivity index is 0.000000468. The number of hydrogen-bond acceptors (Lipinski definition) is 3. The van der Waals surface area contributed by atoms with Gasteiger partial charge in [-0.3, -0.25) is 0 Å². The molecule has 134 valence electrons. The summed E-state index contributed by atoms with van der Waals surface area (Å²) in [5.41, 5.74) is 0. The van der Waals surface area contributed by atoms with E-state index in [9.17, 15) is 8.42 Å². The lowest BCUT2D eigenvalue weighted by Gasteiger charge is -2.28. The van der Waals surface area contributed by atoms with Crippen LogP contribution in [0.15, 0.2) is 35.2 Å². The molecule has 1 aromatic rings. The van der Waals surface area contributed by atoms with Crippen LogP contribution in [0.25, 0.3) is 0 Å². The van der Waals surface area contributed by atoms with Gasteiger partial charge in [0.05, 0.1) is 4.90 Å². The van der Waals surface area contributed by atoms with Crippen LogP contribution in [-0.2, 0) is 10.0 Å². The Morgan fingerprint density at radius 1 is 0.696 bits per heavy atom. The lowest BCUT2D eigenvalue weighted by Crippen LogP contribution is -2.55. The molecule has 0 spiro atoms. The fraction of sp³-hybridized carbons (Fsp3) is 0.600. The van der Waals surface area contributed by atoms with E-state index in [2.05, 4.69) is 48.3 Å². The molecular weight excluding hydrogens is 357 g/mol. The molecular formula is C15H34N2O2SSi3. The van der Waals surface area contributed by atoms with Crippen LogP contribution in [-0.4, -0.2) is 33.1 Å². The van der Waals surface area contributed by atoms with E-state index in [0.29, 0.717) is 4.90 Å². The molecule has 2 N–H and O–H groups in total. The zero-order valence-electron chi connectivity index (χ0n) is 16.1. The second kappa shape index (κ2) is 8.22. The minimum Gasteiger partial charge on any atom is -0.360 e. The van der Waals surface area contributed by atoms with Crippen molar-refractivity contribution in [2.75, 3.05) is 0 Å². The summed E-state index contributed by atoms with van der Waals surface area (Å²) in [5, 5.41) is 0. The van der Waals surface area contributed by atoms with Gasteiger partial charge in [-0.1, -0.05) is 77.1 Å². The minimum atomic E-state index is -3.31. The van der Waals surface area contributed by atoms with Crippen molar-refractivity contribution in [2.24, 2.45) is 0 Å². The van der Waals surface area contributed by atoms with Gasteiger partial charge >= 0.3 is 0 Å². The van der Waals surface area contributed by atoms with Crippen molar-refractivity contribution in [3.05, 3.63) is 30.3 Å². The summed E-state index contributed by atoms with van der Waals surface area (Å²) in [4.78, 5) is 0.336. The molecule has 1 rings (SSSR count). The summed E-state index contributed by atoms with van der Waals surface area (Å²) in [6, 6.07) is 8.44. The third-order valence-electron chi connectivity index (χ3n) is 2.24. The predicted molar refractivity (Wildman–Crippen MR) is 110 cm³/mol. The summed E-state index contributed by atoms with van der Waals surface area (Å²) in [6.45, 7) is 20.0. The van der Waals surface area contributed by atoms with Crippen LogP contribution in [0.3, 0.4) is 0 Å². The van der Waals surface area contributed by atoms with E-state index in [1.54, 1.807) is 30.3 Å². The molecule has 0 aromatic heterocycles. The van der Waals surface area contributed by atoms with Crippen molar-refractivity contribution in [3.63, 3.8) is 0 Å². The largest absolute Gasteiger partial charge is 0.360 e. The molecule has 0 aliphatic carbocycles. The van der Waals surface area contributed by atoms with Gasteiger partial charge in [0.2, 0.25) is 10.0 Å². The highest BCUT2D eigenvalue weighted by Crippen LogP contribution is 2.10. The zero-order valence-corrected chi connectivity index (χ0v) is 19.9. The normalized spacial score (nSPS) is 13.3. The van der Waals surface area contributed by atoms with Gasteiger partial charge in [-0.15, -0.1) is 0 Å². The molecule has 0 saturated carbocycles. The maximum atomic E-state index is 11.8. The number of nitrogens with one attached hydrogen (secondary N) is 2. The van der Waals surface area contributed by atoms with Crippen LogP contribution in [0, 0.1) is 0 Å². The number of benzene rings is 1. The van der Waals surface area contributed by atoms with Gasteiger partial charge in [-0.25, -0.2) is 12.8 Å². The highest BCUT2D eigenvalue weighted by Gasteiger charge is 2.23. The van der Waals surface area contributed by atoms with E-state index in [4.69, 9.17) is 0 Å². The Morgan fingerprint density at radius 3 is 1.35 bits per heavy atom. The van der Waals surface area contributed by atoms with Crippen molar-refractivity contribution in [1.82, 2.24) is 9.04 Å². The van der Waals surface area contributed by atoms with Gasteiger partial charge in [0, 0.05) is 0 Å². The summed E-state index contributed by atoms with van der Waals surface area (Å²) >= 11 is 0. The maximum absolute atomic E-state index is 11.8. The number of sulfonamides is 1. The molecule has 0 aliphatic heterocycles. The van der Waals surface area contributed by atoms with Gasteiger partial charge in [-0.05, 0) is 12.1 Å². The fourth-order valence-corrected chi connectivity index (χ4v) is 15.4. The van der Waals surface area contributed by atoms with Crippen molar-refractivity contribution in [2.45, 2.75) is 63.8 Å². The molecule has 0 amide bonds. The van der Waals surface area contributed by atoms with Gasteiger partial charge < -0.3 is 4.65 Å². The van der Waals surface area contributed by atoms with Crippen LogP contribution < -0.4 is 9.04 Å². The standard InChI is InChI=1S/C9H15NO2SSi.C6H19NSi2/c1-14(2,3)10-13(11,12)9-7-5-4-6-8-9;1-8(2,3)7-9(4,5)6/h4-8,10H,1-3H3;7H,1-6H3. The fourth-order valence-electron chi connectivity index (χ4n) is 2.19. The smallest absolute Gasteiger partial charge is 0.234 e. The van der Waals surface area contributed by atoms with Gasteiger partial charge in [0.1, 0.15) is 24.7 Å². The molecule has 23 heavy (non-hydrogen) atoms. The van der Waals surface area contributed by atoms with Gasteiger partial charge in [-0.2, -0.15) is 0 Å². The molecule has 0 unspecified atom stereocenters. The van der Waals surface area contributed by atoms with Crippen LogP contribution in [0.2, 0.25) is 58.9 Å². The molecule has 0 radical (unpaired) electrons. The molecule has 0 atom stereocenters. The van der Waals surface area contributed by atoms with E-state index in [1.807, 2.05) is 19.6 Å². The van der Waals surface area contributed by atoms with Gasteiger partial charge in [0.15, 0.2) is 0 Å². The van der Waals surface area contributed by atoms with Crippen LogP contribution in [0.1, 0.15) is 0 Å². The highest BCUT2D eigenvalue weighted by molar-refractivity contribution is 7.91. The third-order valence-corrected chi connectivity index (χ3v) is 12.7. The predicted octanol–water partition coefficient (Wildman–Crippen LogP) is 4.05. The first kappa shape index (κ1) is 22.7. The van der Waals surface area contributed by atoms with Crippen molar-refractivity contribution < 1.29 is 8.42 Å². The minimum absolute atomic E-state index is 0.336. The van der Waals surface area contributed by atoms with Crippen molar-refractivity contribution in [3.8, 4) is 0 Å². The molecule has 0 bridgehead atoms. The monoisotopic (exact) mass is 390 g/mol. The molecule has 0 heterocycles. The first-order chi connectivity index (χ1) is 10.0. The Labute approximate surface area is 146 Å². The quantitative estimate of drug-likeness (QED) is 0.746. The average Bonchev–Trinajstić information content (AvgIpc) is 2.22. The molecule has 1 aromatic carbocycles. The van der Waals surface area contributed by atoms with Gasteiger partial charge in [0.25, 0.3) is 0 Å². The number of rotatable bonds is 5. The first-order valence-electron chi connectivity index (χ1n) is 7.90. The van der Waals surface area contributed by atoms with Crippen LogP contribution in [0.4, 0.5) is 0 Å². The molecule has 8 heteroatoms. The second-order valence-electron chi connectivity index (χ2n) is 8.79. The second-order valence-corrected chi connectivity index (χ2v) is 25.6. The zero-order chi connectivity index (χ0) is 18.5. The average molecular weight is 391 g/mol. The topological polar surface area (TPSA) is 58.2 Å². The Bertz CT molecular complexity index is 559. The summed E-state index contributed by atoms with van der Waals surface area (Å²) in [7, 11) is -7.08. The molecule has 0 fully saturated rings. The van der Waals surface area contributed by atoms with E-state index in [-0.39, 0.29) is 0 Å². The molecule has 0 aliphatic rings. The van der Waals surface area contributed by atoms with E-state index < -0.39 is 34.7 Å². The Kier molecular flexibility index (Phi) is 8.12. The summed E-state index contributed by atoms with van der Waals surface area (Å²) in [6.07, 6.45) is 0. The van der Waals surface area contributed by atoms with Crippen molar-refractivity contribution >= 4 is 34.7 Å². The Hall–Kier alpha value is -0.259. The lowest BCUT2D eigenvalue weighted by atomic mass is 10.4. The molecule has 0 saturated heterocycles. The van der Waals surface area contributed by atoms with Crippen molar-refractivity contribution in [1.29, 1.82) is 0 Å². The maximum Gasteiger partial charge on any atom is 0.234 e. The molecule has 4 nitrogen and oxygen atoms in total. The number of hydrogen-bond donors (Lipinski definition) is 2. The SMILES string of the molecule is C[Si](C)(C)NS(=O)(=O)c1ccccc1.C[Si](C)(C)N[Si](C)(C)C. The van der Waals surface area contributed by atoms with E-state index in [1.165, 1.54) is 0 Å². The first-order valence-corrected chi connectivity index (χ1v) is 19.9. The third kappa shape index (κ3) is 12.8. The van der Waals surface area contributed by atoms with E-state index >= 15 is 0 Å². The Morgan fingerprint density at radius 2 is 1.09 bits per heavy atom. The van der Waals surface area contributed by atoms with E-state index in [0.717, 1.165) is 0 Å².